The van der Waals surface area contributed by atoms with Gasteiger partial charge < -0.3 is 5.32 Å². The van der Waals surface area contributed by atoms with E-state index >= 15 is 0 Å². The maximum absolute atomic E-state index is 14.9. The second kappa shape index (κ2) is 6.21. The van der Waals surface area contributed by atoms with Gasteiger partial charge in [0.1, 0.15) is 5.82 Å². The average molecular weight is 357 g/mol. The van der Waals surface area contributed by atoms with Gasteiger partial charge >= 0.3 is 6.03 Å². The summed E-state index contributed by atoms with van der Waals surface area (Å²) in [6.07, 6.45) is 2.96. The second-order valence-corrected chi connectivity index (χ2v) is 6.79. The van der Waals surface area contributed by atoms with Gasteiger partial charge in [0.15, 0.2) is 5.82 Å². The van der Waals surface area contributed by atoms with Gasteiger partial charge in [-0.15, -0.1) is 0 Å². The smallest absolute Gasteiger partial charge is 0.310 e. The minimum atomic E-state index is -0.527. The lowest BCUT2D eigenvalue weighted by Gasteiger charge is -2.24. The Hall–Kier alpha value is -2.74. The SMILES string of the molecule is C[C@H]1CC(c2cc3c(cc2F)c(N2CCC(=O)NC2=O)nn3C)=CCN1. The van der Waals surface area contributed by atoms with Gasteiger partial charge in [-0.3, -0.25) is 19.7 Å². The lowest BCUT2D eigenvalue weighted by Crippen LogP contribution is -2.49. The molecule has 2 aliphatic heterocycles. The van der Waals surface area contributed by atoms with Crippen LogP contribution in [0.15, 0.2) is 18.2 Å². The number of urea groups is 1. The Balaban J connectivity index is 1.79. The van der Waals surface area contributed by atoms with E-state index in [1.807, 2.05) is 6.08 Å². The zero-order valence-electron chi connectivity index (χ0n) is 14.7. The van der Waals surface area contributed by atoms with Crippen LogP contribution in [0.1, 0.15) is 25.3 Å². The Morgan fingerprint density at radius 3 is 2.85 bits per heavy atom. The number of anilines is 1. The van der Waals surface area contributed by atoms with E-state index in [-0.39, 0.29) is 24.7 Å². The molecule has 0 spiro atoms. The van der Waals surface area contributed by atoms with Crippen LogP contribution in [0.2, 0.25) is 0 Å². The van der Waals surface area contributed by atoms with Crippen LogP contribution < -0.4 is 15.5 Å². The van der Waals surface area contributed by atoms with Gasteiger partial charge in [-0.25, -0.2) is 9.18 Å². The van der Waals surface area contributed by atoms with E-state index in [2.05, 4.69) is 22.7 Å². The molecule has 0 bridgehead atoms. The molecule has 1 saturated heterocycles. The minimum absolute atomic E-state index is 0.197. The highest BCUT2D eigenvalue weighted by Gasteiger charge is 2.28. The predicted molar refractivity (Wildman–Crippen MR) is 96.2 cm³/mol. The van der Waals surface area contributed by atoms with Crippen LogP contribution in [0.4, 0.5) is 15.0 Å². The number of rotatable bonds is 2. The van der Waals surface area contributed by atoms with Crippen molar-refractivity contribution in [2.24, 2.45) is 7.05 Å². The number of fused-ring (bicyclic) bond motifs is 1. The summed E-state index contributed by atoms with van der Waals surface area (Å²) in [6.45, 7) is 3.02. The number of aryl methyl sites for hydroxylation is 1. The number of aromatic nitrogens is 2. The number of nitrogens with one attached hydrogen (secondary N) is 2. The molecule has 0 saturated carbocycles. The van der Waals surface area contributed by atoms with Crippen molar-refractivity contribution >= 4 is 34.2 Å². The fourth-order valence-corrected chi connectivity index (χ4v) is 3.56. The van der Waals surface area contributed by atoms with Crippen molar-refractivity contribution in [3.05, 3.63) is 29.6 Å². The number of hydrogen-bond donors (Lipinski definition) is 2. The van der Waals surface area contributed by atoms with Gasteiger partial charge in [0.25, 0.3) is 0 Å². The average Bonchev–Trinajstić information content (AvgIpc) is 2.90. The monoisotopic (exact) mass is 357 g/mol. The normalized spacial score (nSPS) is 21.1. The topological polar surface area (TPSA) is 79.3 Å². The minimum Gasteiger partial charge on any atom is -0.310 e. The molecule has 1 atom stereocenters. The van der Waals surface area contributed by atoms with Crippen molar-refractivity contribution in [1.29, 1.82) is 0 Å². The van der Waals surface area contributed by atoms with Gasteiger partial charge in [-0.2, -0.15) is 5.10 Å². The molecule has 1 aromatic heterocycles. The van der Waals surface area contributed by atoms with Crippen molar-refractivity contribution in [3.63, 3.8) is 0 Å². The van der Waals surface area contributed by atoms with Crippen LogP contribution in [-0.2, 0) is 11.8 Å². The molecular weight excluding hydrogens is 337 g/mol. The number of carbonyl (C=O) groups is 2. The summed E-state index contributed by atoms with van der Waals surface area (Å²) in [4.78, 5) is 24.9. The number of halogens is 1. The first-order chi connectivity index (χ1) is 12.4. The zero-order chi connectivity index (χ0) is 18.4. The Morgan fingerprint density at radius 1 is 1.31 bits per heavy atom. The van der Waals surface area contributed by atoms with Crippen LogP contribution in [0, 0.1) is 5.82 Å². The molecule has 26 heavy (non-hydrogen) atoms. The molecule has 2 aromatic rings. The summed E-state index contributed by atoms with van der Waals surface area (Å²) in [6, 6.07) is 2.99. The third kappa shape index (κ3) is 2.76. The third-order valence-corrected chi connectivity index (χ3v) is 4.92. The number of nitrogens with zero attached hydrogens (tertiary/aromatic N) is 3. The van der Waals surface area contributed by atoms with E-state index in [0.29, 0.717) is 29.4 Å². The van der Waals surface area contributed by atoms with Crippen molar-refractivity contribution in [1.82, 2.24) is 20.4 Å². The van der Waals surface area contributed by atoms with Gasteiger partial charge in [0, 0.05) is 43.5 Å². The van der Waals surface area contributed by atoms with Gasteiger partial charge in [-0.1, -0.05) is 6.08 Å². The molecule has 0 radical (unpaired) electrons. The first kappa shape index (κ1) is 16.7. The molecule has 4 rings (SSSR count). The van der Waals surface area contributed by atoms with E-state index in [4.69, 9.17) is 0 Å². The fraction of sp³-hybridized carbons (Fsp3) is 0.389. The van der Waals surface area contributed by atoms with Gasteiger partial charge in [-0.05, 0) is 31.1 Å². The lowest BCUT2D eigenvalue weighted by atomic mass is 9.95. The first-order valence-electron chi connectivity index (χ1n) is 8.64. The number of carbonyl (C=O) groups excluding carboxylic acids is 2. The van der Waals surface area contributed by atoms with Crippen LogP contribution >= 0.6 is 0 Å². The van der Waals surface area contributed by atoms with Gasteiger partial charge in [0.05, 0.1) is 5.52 Å². The van der Waals surface area contributed by atoms with Crippen LogP contribution in [0.5, 0.6) is 0 Å². The standard InChI is InChI=1S/C18H20FN5O2/c1-10-7-11(3-5-20-10)12-9-15-13(8-14(12)19)17(22-23(15)2)24-6-4-16(25)21-18(24)26/h3,8-10,20H,4-7H2,1-2H3,(H,21,25,26)/t10-/m0/s1. The predicted octanol–water partition coefficient (Wildman–Crippen LogP) is 1.92. The lowest BCUT2D eigenvalue weighted by molar-refractivity contribution is -0.120. The molecule has 2 N–H and O–H groups in total. The fourth-order valence-electron chi connectivity index (χ4n) is 3.56. The number of imide groups is 1. The maximum atomic E-state index is 14.9. The molecular formula is C18H20FN5O2. The Labute approximate surface area is 149 Å². The largest absolute Gasteiger partial charge is 0.329 e. The highest BCUT2D eigenvalue weighted by molar-refractivity contribution is 6.09. The molecule has 3 heterocycles. The first-order valence-corrected chi connectivity index (χ1v) is 8.64. The van der Waals surface area contributed by atoms with Crippen LogP contribution in [0.3, 0.4) is 0 Å². The molecule has 2 aliphatic rings. The van der Waals surface area contributed by atoms with Crippen molar-refractivity contribution in [2.75, 3.05) is 18.0 Å². The summed E-state index contributed by atoms with van der Waals surface area (Å²) >= 11 is 0. The van der Waals surface area contributed by atoms with Crippen LogP contribution in [-0.4, -0.2) is 40.9 Å². The van der Waals surface area contributed by atoms with Crippen molar-refractivity contribution in [2.45, 2.75) is 25.8 Å². The molecule has 136 valence electrons. The Kier molecular flexibility index (Phi) is 3.99. The van der Waals surface area contributed by atoms with E-state index in [1.165, 1.54) is 11.0 Å². The quantitative estimate of drug-likeness (QED) is 0.861. The summed E-state index contributed by atoms with van der Waals surface area (Å²) in [7, 11) is 1.76. The van der Waals surface area contributed by atoms with E-state index < -0.39 is 6.03 Å². The molecule has 8 heteroatoms. The van der Waals surface area contributed by atoms with Gasteiger partial charge in [0.2, 0.25) is 5.91 Å². The summed E-state index contributed by atoms with van der Waals surface area (Å²) < 4.78 is 16.5. The summed E-state index contributed by atoms with van der Waals surface area (Å²) in [5, 5.41) is 10.5. The zero-order valence-corrected chi connectivity index (χ0v) is 14.7. The Bertz CT molecular complexity index is 949. The van der Waals surface area contributed by atoms with Crippen molar-refractivity contribution in [3.8, 4) is 0 Å². The Morgan fingerprint density at radius 2 is 2.12 bits per heavy atom. The number of amides is 3. The molecule has 0 unspecified atom stereocenters. The van der Waals surface area contributed by atoms with Crippen LogP contribution in [0.25, 0.3) is 16.5 Å². The molecule has 1 aromatic carbocycles. The maximum Gasteiger partial charge on any atom is 0.329 e. The molecule has 3 amide bonds. The summed E-state index contributed by atoms with van der Waals surface area (Å²) in [5.74, 6) is -0.280. The number of hydrogen-bond acceptors (Lipinski definition) is 4. The van der Waals surface area contributed by atoms with E-state index in [9.17, 15) is 14.0 Å². The highest BCUT2D eigenvalue weighted by atomic mass is 19.1. The highest BCUT2D eigenvalue weighted by Crippen LogP contribution is 2.33. The summed E-state index contributed by atoms with van der Waals surface area (Å²) in [5.41, 5.74) is 2.28. The molecule has 7 nitrogen and oxygen atoms in total. The van der Waals surface area contributed by atoms with E-state index in [1.54, 1.807) is 17.8 Å². The van der Waals surface area contributed by atoms with Crippen molar-refractivity contribution < 1.29 is 14.0 Å². The number of benzene rings is 1. The molecule has 1 fully saturated rings. The molecule has 0 aliphatic carbocycles. The van der Waals surface area contributed by atoms with E-state index in [0.717, 1.165) is 17.5 Å². The second-order valence-electron chi connectivity index (χ2n) is 6.79. The third-order valence-electron chi connectivity index (χ3n) is 4.92.